The number of aromatic carboxylic acids is 1. The molecule has 1 aliphatic rings. The predicted molar refractivity (Wildman–Crippen MR) is 77.4 cm³/mol. The molecule has 0 radical (unpaired) electrons. The lowest BCUT2D eigenvalue weighted by Crippen LogP contribution is -2.30. The van der Waals surface area contributed by atoms with Gasteiger partial charge in [0, 0.05) is 17.4 Å². The molecular formula is C15H22N2O2. The number of rotatable bonds is 3. The third kappa shape index (κ3) is 3.40. The third-order valence-corrected chi connectivity index (χ3v) is 3.83. The highest BCUT2D eigenvalue weighted by atomic mass is 16.4. The van der Waals surface area contributed by atoms with Gasteiger partial charge in [-0.15, -0.1) is 0 Å². The maximum absolute atomic E-state index is 10.9. The molecule has 0 amide bonds. The van der Waals surface area contributed by atoms with Crippen LogP contribution >= 0.6 is 0 Å². The molecule has 0 aliphatic heterocycles. The Balaban J connectivity index is 2.07. The van der Waals surface area contributed by atoms with Crippen molar-refractivity contribution < 1.29 is 9.90 Å². The maximum Gasteiger partial charge on any atom is 0.337 e. The highest BCUT2D eigenvalue weighted by Crippen LogP contribution is 2.31. The number of carboxylic acids is 1. The molecule has 2 unspecified atom stereocenters. The van der Waals surface area contributed by atoms with Gasteiger partial charge in [-0.3, -0.25) is 0 Å². The van der Waals surface area contributed by atoms with Gasteiger partial charge in [0.25, 0.3) is 0 Å². The predicted octanol–water partition coefficient (Wildman–Crippen LogP) is 3.20. The molecule has 0 heterocycles. The average Bonchev–Trinajstić information content (AvgIpc) is 2.26. The minimum atomic E-state index is -0.982. The molecule has 1 aromatic carbocycles. The lowest BCUT2D eigenvalue weighted by molar-refractivity contribution is 0.0698. The molecule has 0 bridgehead atoms. The fourth-order valence-corrected chi connectivity index (χ4v) is 3.15. The van der Waals surface area contributed by atoms with Crippen LogP contribution in [0.5, 0.6) is 0 Å². The van der Waals surface area contributed by atoms with Crippen molar-refractivity contribution in [3.8, 4) is 0 Å². The van der Waals surface area contributed by atoms with Gasteiger partial charge in [-0.1, -0.05) is 13.8 Å². The Kier molecular flexibility index (Phi) is 3.98. The standard InChI is InChI=1S/C15H22N2O2/c1-9-5-10(2)7-12(6-9)17-11-3-4-13(15(18)19)14(16)8-11/h3-4,8-10,12,17H,5-7,16H2,1-2H3,(H,18,19). The highest BCUT2D eigenvalue weighted by molar-refractivity contribution is 5.94. The molecule has 4 nitrogen and oxygen atoms in total. The van der Waals surface area contributed by atoms with Crippen molar-refractivity contribution in [1.29, 1.82) is 0 Å². The first-order chi connectivity index (χ1) is 8.95. The highest BCUT2D eigenvalue weighted by Gasteiger charge is 2.23. The second kappa shape index (κ2) is 5.51. The summed E-state index contributed by atoms with van der Waals surface area (Å²) in [5, 5.41) is 12.4. The van der Waals surface area contributed by atoms with Gasteiger partial charge in [-0.05, 0) is 49.3 Å². The number of nitrogen functional groups attached to an aromatic ring is 1. The first-order valence-electron chi connectivity index (χ1n) is 6.85. The topological polar surface area (TPSA) is 75.3 Å². The summed E-state index contributed by atoms with van der Waals surface area (Å²) in [4.78, 5) is 10.9. The number of carboxylic acid groups (broad SMARTS) is 1. The molecule has 0 spiro atoms. The van der Waals surface area contributed by atoms with E-state index in [-0.39, 0.29) is 5.56 Å². The van der Waals surface area contributed by atoms with Crippen molar-refractivity contribution in [2.24, 2.45) is 11.8 Å². The fourth-order valence-electron chi connectivity index (χ4n) is 3.15. The quantitative estimate of drug-likeness (QED) is 0.731. The van der Waals surface area contributed by atoms with Crippen molar-refractivity contribution in [1.82, 2.24) is 0 Å². The number of benzene rings is 1. The summed E-state index contributed by atoms with van der Waals surface area (Å²) in [6, 6.07) is 5.53. The smallest absolute Gasteiger partial charge is 0.337 e. The number of anilines is 2. The Morgan fingerprint density at radius 2 is 1.89 bits per heavy atom. The van der Waals surface area contributed by atoms with Crippen molar-refractivity contribution in [3.05, 3.63) is 23.8 Å². The summed E-state index contributed by atoms with van der Waals surface area (Å²) in [6.07, 6.45) is 3.61. The van der Waals surface area contributed by atoms with Gasteiger partial charge < -0.3 is 16.2 Å². The number of nitrogens with two attached hydrogens (primary N) is 1. The SMILES string of the molecule is CC1CC(C)CC(Nc2ccc(C(=O)O)c(N)c2)C1. The Hall–Kier alpha value is -1.71. The van der Waals surface area contributed by atoms with E-state index in [0.29, 0.717) is 11.7 Å². The minimum Gasteiger partial charge on any atom is -0.478 e. The molecule has 4 N–H and O–H groups in total. The average molecular weight is 262 g/mol. The summed E-state index contributed by atoms with van der Waals surface area (Å²) < 4.78 is 0. The summed E-state index contributed by atoms with van der Waals surface area (Å²) in [7, 11) is 0. The van der Waals surface area contributed by atoms with E-state index in [1.54, 1.807) is 18.2 Å². The summed E-state index contributed by atoms with van der Waals surface area (Å²) >= 11 is 0. The largest absolute Gasteiger partial charge is 0.478 e. The van der Waals surface area contributed by atoms with Gasteiger partial charge in [0.15, 0.2) is 0 Å². The molecule has 2 atom stereocenters. The van der Waals surface area contributed by atoms with E-state index in [1.807, 2.05) is 0 Å². The molecule has 1 aliphatic carbocycles. The zero-order valence-electron chi connectivity index (χ0n) is 11.5. The van der Waals surface area contributed by atoms with E-state index < -0.39 is 5.97 Å². The van der Waals surface area contributed by atoms with E-state index in [1.165, 1.54) is 6.42 Å². The lowest BCUT2D eigenvalue weighted by atomic mass is 9.80. The Morgan fingerprint density at radius 1 is 1.26 bits per heavy atom. The molecule has 19 heavy (non-hydrogen) atoms. The summed E-state index contributed by atoms with van der Waals surface area (Å²) in [5.41, 5.74) is 7.15. The third-order valence-electron chi connectivity index (χ3n) is 3.83. The maximum atomic E-state index is 10.9. The fraction of sp³-hybridized carbons (Fsp3) is 0.533. The number of carbonyl (C=O) groups is 1. The Bertz CT molecular complexity index is 463. The normalized spacial score (nSPS) is 26.9. The van der Waals surface area contributed by atoms with Crippen molar-refractivity contribution in [2.45, 2.75) is 39.2 Å². The van der Waals surface area contributed by atoms with Crippen molar-refractivity contribution >= 4 is 17.3 Å². The van der Waals surface area contributed by atoms with E-state index in [2.05, 4.69) is 19.2 Å². The first-order valence-corrected chi connectivity index (χ1v) is 6.85. The van der Waals surface area contributed by atoms with E-state index in [4.69, 9.17) is 10.8 Å². The summed E-state index contributed by atoms with van der Waals surface area (Å²) in [6.45, 7) is 4.57. The number of hydrogen-bond donors (Lipinski definition) is 3. The van der Waals surface area contributed by atoms with Crippen LogP contribution in [0.25, 0.3) is 0 Å². The van der Waals surface area contributed by atoms with Crippen LogP contribution in [-0.4, -0.2) is 17.1 Å². The van der Waals surface area contributed by atoms with E-state index >= 15 is 0 Å². The van der Waals surface area contributed by atoms with Crippen LogP contribution in [-0.2, 0) is 0 Å². The first kappa shape index (κ1) is 13.7. The van der Waals surface area contributed by atoms with Gasteiger partial charge >= 0.3 is 5.97 Å². The minimum absolute atomic E-state index is 0.163. The molecule has 2 rings (SSSR count). The second-order valence-corrected chi connectivity index (χ2v) is 5.87. The van der Waals surface area contributed by atoms with Crippen molar-refractivity contribution in [2.75, 3.05) is 11.1 Å². The van der Waals surface area contributed by atoms with Crippen molar-refractivity contribution in [3.63, 3.8) is 0 Å². The van der Waals surface area contributed by atoms with Gasteiger partial charge in [0.2, 0.25) is 0 Å². The van der Waals surface area contributed by atoms with Gasteiger partial charge in [-0.2, -0.15) is 0 Å². The Labute approximate surface area is 114 Å². The molecular weight excluding hydrogens is 240 g/mol. The van der Waals surface area contributed by atoms with E-state index in [9.17, 15) is 4.79 Å². The van der Waals surface area contributed by atoms with E-state index in [0.717, 1.165) is 30.4 Å². The molecule has 1 fully saturated rings. The van der Waals surface area contributed by atoms with Crippen LogP contribution < -0.4 is 11.1 Å². The summed E-state index contributed by atoms with van der Waals surface area (Å²) in [5.74, 6) is 0.484. The molecule has 4 heteroatoms. The van der Waals surface area contributed by atoms with Crippen LogP contribution in [0.1, 0.15) is 43.5 Å². The number of nitrogens with one attached hydrogen (secondary N) is 1. The van der Waals surface area contributed by atoms with Gasteiger partial charge in [0.05, 0.1) is 5.56 Å². The zero-order chi connectivity index (χ0) is 14.0. The van der Waals surface area contributed by atoms with Crippen LogP contribution in [0, 0.1) is 11.8 Å². The molecule has 104 valence electrons. The Morgan fingerprint density at radius 3 is 2.42 bits per heavy atom. The van der Waals surface area contributed by atoms with Gasteiger partial charge in [-0.25, -0.2) is 4.79 Å². The molecule has 1 saturated carbocycles. The van der Waals surface area contributed by atoms with Crippen LogP contribution in [0.2, 0.25) is 0 Å². The monoisotopic (exact) mass is 262 g/mol. The second-order valence-electron chi connectivity index (χ2n) is 5.87. The molecule has 1 aromatic rings. The van der Waals surface area contributed by atoms with Gasteiger partial charge in [0.1, 0.15) is 0 Å². The zero-order valence-corrected chi connectivity index (χ0v) is 11.5. The molecule has 0 saturated heterocycles. The number of hydrogen-bond acceptors (Lipinski definition) is 3. The lowest BCUT2D eigenvalue weighted by Gasteiger charge is -2.32. The van der Waals surface area contributed by atoms with Crippen LogP contribution in [0.15, 0.2) is 18.2 Å². The van der Waals surface area contributed by atoms with Crippen LogP contribution in [0.4, 0.5) is 11.4 Å². The molecule has 0 aromatic heterocycles. The van der Waals surface area contributed by atoms with Crippen LogP contribution in [0.3, 0.4) is 0 Å².